The summed E-state index contributed by atoms with van der Waals surface area (Å²) in [6, 6.07) is 38.9. The van der Waals surface area contributed by atoms with Crippen molar-refractivity contribution in [3.63, 3.8) is 0 Å². The lowest BCUT2D eigenvalue weighted by molar-refractivity contribution is -0.159. The van der Waals surface area contributed by atoms with Gasteiger partial charge in [-0.05, 0) is 92.5 Å². The molecule has 0 amide bonds. The Hall–Kier alpha value is -9.10. The number of likely N-dealkylation sites (tertiary alicyclic amines) is 2. The molecule has 83 heavy (non-hydrogen) atoms. The van der Waals surface area contributed by atoms with Gasteiger partial charge in [0.1, 0.15) is 46.8 Å². The zero-order valence-corrected chi connectivity index (χ0v) is 46.2. The maximum absolute atomic E-state index is 9.28. The number of hydrogen-bond donors (Lipinski definition) is 2. The second-order valence-electron chi connectivity index (χ2n) is 23.6. The zero-order chi connectivity index (χ0) is 55.5. The maximum Gasteiger partial charge on any atom is 0.234 e. The fourth-order valence-corrected chi connectivity index (χ4v) is 14.4. The van der Waals surface area contributed by atoms with E-state index in [-0.39, 0.29) is 17.1 Å². The number of ether oxygens (including phenoxy) is 2. The van der Waals surface area contributed by atoms with Crippen molar-refractivity contribution in [2.45, 2.75) is 102 Å². The number of fused-ring (bicyclic) bond motifs is 5. The lowest BCUT2D eigenvalue weighted by Crippen LogP contribution is -2.68. The summed E-state index contributed by atoms with van der Waals surface area (Å²) in [6.07, 6.45) is 16.7. The van der Waals surface area contributed by atoms with E-state index in [9.17, 15) is 10.5 Å². The number of anilines is 2. The van der Waals surface area contributed by atoms with Crippen LogP contribution >= 0.6 is 0 Å². The summed E-state index contributed by atoms with van der Waals surface area (Å²) in [4.78, 5) is 43.0. The molecular formula is C65H62N16O2. The molecule has 16 rings (SSSR count). The number of aromatic nitrogens is 9. The van der Waals surface area contributed by atoms with Gasteiger partial charge in [0.05, 0.1) is 34.9 Å². The monoisotopic (exact) mass is 1100 g/mol. The van der Waals surface area contributed by atoms with E-state index in [0.29, 0.717) is 36.7 Å². The van der Waals surface area contributed by atoms with Crippen molar-refractivity contribution < 1.29 is 9.47 Å². The van der Waals surface area contributed by atoms with E-state index >= 15 is 0 Å². The van der Waals surface area contributed by atoms with Crippen molar-refractivity contribution >= 4 is 23.0 Å². The van der Waals surface area contributed by atoms with Crippen LogP contribution < -0.4 is 15.4 Å². The first-order valence-electron chi connectivity index (χ1n) is 29.3. The maximum atomic E-state index is 9.28. The molecule has 10 heterocycles. The second kappa shape index (κ2) is 21.0. The van der Waals surface area contributed by atoms with Crippen LogP contribution in [0.1, 0.15) is 98.5 Å². The Kier molecular flexibility index (Phi) is 12.9. The number of nitriles is 2. The molecule has 3 aliphatic carbocycles. The van der Waals surface area contributed by atoms with Crippen molar-refractivity contribution in [1.29, 1.82) is 10.5 Å². The molecule has 414 valence electrons. The van der Waals surface area contributed by atoms with Gasteiger partial charge in [-0.2, -0.15) is 10.5 Å². The van der Waals surface area contributed by atoms with Crippen molar-refractivity contribution in [3.8, 4) is 63.0 Å². The van der Waals surface area contributed by atoms with Gasteiger partial charge in [0.2, 0.25) is 11.6 Å². The normalized spacial score (nSPS) is 21.3. The summed E-state index contributed by atoms with van der Waals surface area (Å²) >= 11 is 0. The molecule has 2 saturated heterocycles. The van der Waals surface area contributed by atoms with Crippen LogP contribution in [0.5, 0.6) is 5.75 Å². The third kappa shape index (κ3) is 9.55. The summed E-state index contributed by atoms with van der Waals surface area (Å²) in [5, 5.41) is 25.6. The van der Waals surface area contributed by atoms with Crippen LogP contribution in [-0.2, 0) is 30.0 Å². The largest absolute Gasteiger partial charge is 0.495 e. The molecule has 5 aromatic heterocycles. The highest BCUT2D eigenvalue weighted by atomic mass is 16.5. The number of benzene rings is 3. The SMILES string of the molecule is N#Cc1nccc(NC2CCN(Cc3ccc(-c4nc5n(c4-c4ccccc4)CCCOC4=C5N=C(c5ccc(-c6c(C78CC(CN9CCC(Nc%10ccnc(C#N)n%10)CC9)(C7)C8)nc7n6COc6ccncc6-7)cc5)CC4)cc3)CC2)n1. The quantitative estimate of drug-likeness (QED) is 0.110. The van der Waals surface area contributed by atoms with E-state index in [0.717, 1.165) is 195 Å². The number of hydrogen-bond acceptors (Lipinski definition) is 16. The summed E-state index contributed by atoms with van der Waals surface area (Å²) in [6.45, 7) is 7.73. The van der Waals surface area contributed by atoms with E-state index in [4.69, 9.17) is 24.4 Å². The predicted octanol–water partition coefficient (Wildman–Crippen LogP) is 10.3. The van der Waals surface area contributed by atoms with E-state index in [1.807, 2.05) is 36.5 Å². The molecule has 0 unspecified atom stereocenters. The zero-order valence-electron chi connectivity index (χ0n) is 46.2. The van der Waals surface area contributed by atoms with Gasteiger partial charge in [0.25, 0.3) is 0 Å². The fourth-order valence-electron chi connectivity index (χ4n) is 14.4. The Bertz CT molecular complexity index is 3910. The number of rotatable bonds is 13. The Morgan fingerprint density at radius 2 is 1.28 bits per heavy atom. The van der Waals surface area contributed by atoms with Crippen molar-refractivity contribution in [2.24, 2.45) is 10.4 Å². The molecule has 3 saturated carbocycles. The topological polar surface area (TPSA) is 209 Å². The minimum Gasteiger partial charge on any atom is -0.495 e. The Labute approximate surface area is 481 Å². The molecule has 2 N–H and O–H groups in total. The van der Waals surface area contributed by atoms with Gasteiger partial charge in [0, 0.05) is 117 Å². The summed E-state index contributed by atoms with van der Waals surface area (Å²) in [5.74, 6) is 5.28. The molecule has 5 fully saturated rings. The van der Waals surface area contributed by atoms with Crippen molar-refractivity contribution in [2.75, 3.05) is 50.0 Å². The first-order chi connectivity index (χ1) is 40.8. The smallest absolute Gasteiger partial charge is 0.234 e. The van der Waals surface area contributed by atoms with Gasteiger partial charge in [-0.1, -0.05) is 78.9 Å². The second-order valence-corrected chi connectivity index (χ2v) is 23.6. The molecule has 8 aromatic rings. The number of nitrogens with one attached hydrogen (secondary N) is 2. The van der Waals surface area contributed by atoms with Crippen LogP contribution in [0, 0.1) is 28.1 Å². The van der Waals surface area contributed by atoms with Gasteiger partial charge < -0.3 is 29.6 Å². The standard InChI is InChI=1S/C65H62N16O2/c66-33-55-69-25-18-53(74-55)71-47-20-28-78(29-21-47)36-42-7-9-44(10-8-42)57-59(45-5-2-1-3-6-45)80-27-4-32-82-52-16-15-50(73-58(52)63(80)76-57)43-11-13-46(14-12-43)60-61(77-62-49-35-68-24-17-51(49)83-41-81(60)62)65-37-64(38-65,39-65)40-79-30-22-48(23-31-79)72-54-19-26-70-56(34-67)75-54/h1-3,5-14,17-19,24-26,35,47-48H,4,15-16,20-23,27-32,36-41H2,(H,69,71,74)(H,70,72,75). The van der Waals surface area contributed by atoms with Crippen LogP contribution in [0.2, 0.25) is 0 Å². The summed E-state index contributed by atoms with van der Waals surface area (Å²) in [5.41, 5.74) is 13.1. The van der Waals surface area contributed by atoms with Crippen LogP contribution in [-0.4, -0.2) is 111 Å². The number of allylic oxidation sites excluding steroid dienone is 1. The van der Waals surface area contributed by atoms with Crippen LogP contribution in [0.15, 0.2) is 133 Å². The lowest BCUT2D eigenvalue weighted by atomic mass is 9.34. The predicted molar refractivity (Wildman–Crippen MR) is 314 cm³/mol. The number of piperidine rings is 2. The molecule has 18 nitrogen and oxygen atoms in total. The van der Waals surface area contributed by atoms with E-state index < -0.39 is 0 Å². The third-order valence-electron chi connectivity index (χ3n) is 18.2. The molecule has 8 aliphatic rings. The molecule has 18 heteroatoms. The van der Waals surface area contributed by atoms with Crippen LogP contribution in [0.4, 0.5) is 11.6 Å². The molecule has 0 atom stereocenters. The van der Waals surface area contributed by atoms with Gasteiger partial charge in [-0.3, -0.25) is 14.5 Å². The molecule has 5 aliphatic heterocycles. The number of nitrogens with zero attached hydrogens (tertiary/aromatic N) is 14. The highest BCUT2D eigenvalue weighted by Crippen LogP contribution is 2.74. The molecule has 0 radical (unpaired) electrons. The van der Waals surface area contributed by atoms with E-state index in [1.54, 1.807) is 18.6 Å². The van der Waals surface area contributed by atoms with Gasteiger partial charge >= 0.3 is 0 Å². The molecule has 2 bridgehead atoms. The number of pyridine rings is 1. The Balaban J connectivity index is 0.676. The first-order valence-corrected chi connectivity index (χ1v) is 29.3. The van der Waals surface area contributed by atoms with Crippen molar-refractivity contribution in [1.82, 2.24) is 53.8 Å². The highest BCUT2D eigenvalue weighted by Gasteiger charge is 2.70. The van der Waals surface area contributed by atoms with E-state index in [1.165, 1.54) is 11.3 Å². The van der Waals surface area contributed by atoms with Gasteiger partial charge in [0.15, 0.2) is 12.6 Å². The van der Waals surface area contributed by atoms with Crippen LogP contribution in [0.25, 0.3) is 50.9 Å². The number of aliphatic imine (C=N–C) groups is 1. The van der Waals surface area contributed by atoms with Gasteiger partial charge in [-0.25, -0.2) is 34.9 Å². The average Bonchev–Trinajstić information content (AvgIpc) is 1.79. The fraction of sp³-hybridized carbons (Fsp3) is 0.354. The first kappa shape index (κ1) is 50.8. The third-order valence-corrected chi connectivity index (χ3v) is 18.2. The summed E-state index contributed by atoms with van der Waals surface area (Å²) in [7, 11) is 0. The molecule has 0 spiro atoms. The lowest BCUT2D eigenvalue weighted by Gasteiger charge is -2.71. The Morgan fingerprint density at radius 1 is 0.614 bits per heavy atom. The Morgan fingerprint density at radius 3 is 1.98 bits per heavy atom. The molecule has 3 aromatic carbocycles. The average molecular weight is 1100 g/mol. The van der Waals surface area contributed by atoms with Gasteiger partial charge in [-0.15, -0.1) is 0 Å². The van der Waals surface area contributed by atoms with E-state index in [2.05, 4.69) is 133 Å². The van der Waals surface area contributed by atoms with Crippen LogP contribution in [0.3, 0.4) is 0 Å². The highest BCUT2D eigenvalue weighted by molar-refractivity contribution is 6.05. The van der Waals surface area contributed by atoms with Crippen molar-refractivity contribution in [3.05, 3.63) is 162 Å². The minimum absolute atomic E-state index is 0.0181. The number of imidazole rings is 2. The molecular weight excluding hydrogens is 1040 g/mol. The minimum atomic E-state index is 0.0181. The summed E-state index contributed by atoms with van der Waals surface area (Å²) < 4.78 is 17.6.